The van der Waals surface area contributed by atoms with Gasteiger partial charge in [-0.3, -0.25) is 4.79 Å². The number of aromatic nitrogens is 4. The van der Waals surface area contributed by atoms with E-state index in [2.05, 4.69) is 41.2 Å². The van der Waals surface area contributed by atoms with Crippen LogP contribution >= 0.6 is 0 Å². The molecule has 0 saturated carbocycles. The molecule has 3 heterocycles. The fraction of sp³-hybridized carbons (Fsp3) is 0.400. The van der Waals surface area contributed by atoms with Crippen LogP contribution in [0.1, 0.15) is 32.8 Å². The first kappa shape index (κ1) is 18.3. The fourth-order valence-electron chi connectivity index (χ4n) is 3.46. The van der Waals surface area contributed by atoms with E-state index < -0.39 is 0 Å². The highest BCUT2D eigenvalue weighted by atomic mass is 19.1. The molecule has 7 nitrogen and oxygen atoms in total. The van der Waals surface area contributed by atoms with Gasteiger partial charge in [0.1, 0.15) is 24.0 Å². The van der Waals surface area contributed by atoms with Crippen molar-refractivity contribution in [3.05, 3.63) is 48.2 Å². The minimum Gasteiger partial charge on any atom is -0.358 e. The zero-order chi connectivity index (χ0) is 19.9. The Morgan fingerprint density at radius 2 is 1.96 bits per heavy atom. The first-order chi connectivity index (χ1) is 13.3. The molecule has 0 spiro atoms. The zero-order valence-electron chi connectivity index (χ0n) is 16.2. The SMILES string of the molecule is CC(C)(C)n1ncc2c(NC3CCN(Cc4ccc(F)cc4)C3=O)ncnc21. The summed E-state index contributed by atoms with van der Waals surface area (Å²) in [5.74, 6) is 0.349. The molecular weight excluding hydrogens is 359 g/mol. The Balaban J connectivity index is 1.51. The molecule has 1 aromatic carbocycles. The predicted octanol–water partition coefficient (Wildman–Crippen LogP) is 2.93. The van der Waals surface area contributed by atoms with E-state index in [9.17, 15) is 9.18 Å². The van der Waals surface area contributed by atoms with E-state index in [4.69, 9.17) is 0 Å². The quantitative estimate of drug-likeness (QED) is 0.751. The number of amides is 1. The molecule has 1 saturated heterocycles. The average Bonchev–Trinajstić information content (AvgIpc) is 3.23. The molecule has 1 N–H and O–H groups in total. The highest BCUT2D eigenvalue weighted by Gasteiger charge is 2.32. The number of hydrogen-bond donors (Lipinski definition) is 1. The van der Waals surface area contributed by atoms with Crippen LogP contribution in [0.15, 0.2) is 36.8 Å². The van der Waals surface area contributed by atoms with Gasteiger partial charge in [-0.05, 0) is 44.9 Å². The predicted molar refractivity (Wildman–Crippen MR) is 104 cm³/mol. The fourth-order valence-corrected chi connectivity index (χ4v) is 3.46. The van der Waals surface area contributed by atoms with Crippen molar-refractivity contribution in [2.75, 3.05) is 11.9 Å². The number of rotatable bonds is 4. The van der Waals surface area contributed by atoms with Crippen molar-refractivity contribution in [2.45, 2.75) is 45.3 Å². The lowest BCUT2D eigenvalue weighted by Crippen LogP contribution is -2.33. The molecule has 0 radical (unpaired) electrons. The van der Waals surface area contributed by atoms with Crippen molar-refractivity contribution in [1.82, 2.24) is 24.6 Å². The maximum atomic E-state index is 13.1. The average molecular weight is 382 g/mol. The second kappa shape index (κ2) is 6.85. The van der Waals surface area contributed by atoms with Crippen LogP contribution in [0.25, 0.3) is 11.0 Å². The van der Waals surface area contributed by atoms with E-state index in [1.165, 1.54) is 18.5 Å². The number of hydrogen-bond acceptors (Lipinski definition) is 5. The van der Waals surface area contributed by atoms with E-state index in [0.717, 1.165) is 16.6 Å². The minimum atomic E-state index is -0.350. The third-order valence-corrected chi connectivity index (χ3v) is 4.90. The second-order valence-electron chi connectivity index (χ2n) is 8.06. The Hall–Kier alpha value is -3.03. The summed E-state index contributed by atoms with van der Waals surface area (Å²) in [7, 11) is 0. The number of carbonyl (C=O) groups excluding carboxylic acids is 1. The molecular formula is C20H23FN6O. The van der Waals surface area contributed by atoms with Crippen LogP contribution in [-0.2, 0) is 16.9 Å². The monoisotopic (exact) mass is 382 g/mol. The lowest BCUT2D eigenvalue weighted by Gasteiger charge is -2.20. The van der Waals surface area contributed by atoms with Crippen LogP contribution in [0, 0.1) is 5.82 Å². The third-order valence-electron chi connectivity index (χ3n) is 4.90. The maximum Gasteiger partial charge on any atom is 0.245 e. The van der Waals surface area contributed by atoms with Gasteiger partial charge in [0.05, 0.1) is 17.1 Å². The smallest absolute Gasteiger partial charge is 0.245 e. The molecule has 1 aliphatic heterocycles. The summed E-state index contributed by atoms with van der Waals surface area (Å²) >= 11 is 0. The van der Waals surface area contributed by atoms with Crippen LogP contribution in [0.3, 0.4) is 0 Å². The van der Waals surface area contributed by atoms with Crippen LogP contribution in [-0.4, -0.2) is 43.1 Å². The second-order valence-corrected chi connectivity index (χ2v) is 8.06. The highest BCUT2D eigenvalue weighted by molar-refractivity contribution is 5.91. The summed E-state index contributed by atoms with van der Waals surface area (Å²) in [6.07, 6.45) is 3.90. The van der Waals surface area contributed by atoms with Gasteiger partial charge in [0.25, 0.3) is 0 Å². The van der Waals surface area contributed by atoms with Gasteiger partial charge in [-0.1, -0.05) is 12.1 Å². The first-order valence-electron chi connectivity index (χ1n) is 9.32. The zero-order valence-corrected chi connectivity index (χ0v) is 16.2. The topological polar surface area (TPSA) is 75.9 Å². The summed E-state index contributed by atoms with van der Waals surface area (Å²) in [4.78, 5) is 23.3. The van der Waals surface area contributed by atoms with Gasteiger partial charge in [-0.2, -0.15) is 5.10 Å². The summed E-state index contributed by atoms with van der Waals surface area (Å²) in [5, 5.41) is 8.51. The number of nitrogens with one attached hydrogen (secondary N) is 1. The van der Waals surface area contributed by atoms with Crippen molar-refractivity contribution in [3.8, 4) is 0 Å². The number of fused-ring (bicyclic) bond motifs is 1. The number of nitrogens with zero attached hydrogens (tertiary/aromatic N) is 5. The van der Waals surface area contributed by atoms with Gasteiger partial charge in [0.2, 0.25) is 5.91 Å². The molecule has 3 aromatic rings. The van der Waals surface area contributed by atoms with Gasteiger partial charge in [-0.15, -0.1) is 0 Å². The van der Waals surface area contributed by atoms with Gasteiger partial charge in [0.15, 0.2) is 5.65 Å². The molecule has 0 aliphatic carbocycles. The maximum absolute atomic E-state index is 13.1. The Morgan fingerprint density at radius 3 is 2.68 bits per heavy atom. The molecule has 8 heteroatoms. The third kappa shape index (κ3) is 3.42. The lowest BCUT2D eigenvalue weighted by atomic mass is 10.1. The van der Waals surface area contributed by atoms with E-state index in [0.29, 0.717) is 25.3 Å². The Morgan fingerprint density at radius 1 is 1.21 bits per heavy atom. The van der Waals surface area contributed by atoms with Crippen molar-refractivity contribution < 1.29 is 9.18 Å². The first-order valence-corrected chi connectivity index (χ1v) is 9.32. The standard InChI is InChI=1S/C20H23FN6O/c1-20(2,3)27-18-15(10-24-27)17(22-12-23-18)25-16-8-9-26(19(16)28)11-13-4-6-14(21)7-5-13/h4-7,10,12,16H,8-9,11H2,1-3H3,(H,22,23,25). The van der Waals surface area contributed by atoms with Gasteiger partial charge < -0.3 is 10.2 Å². The number of carbonyl (C=O) groups is 1. The highest BCUT2D eigenvalue weighted by Crippen LogP contribution is 2.26. The number of likely N-dealkylation sites (tertiary alicyclic amines) is 1. The van der Waals surface area contributed by atoms with Crippen LogP contribution in [0.5, 0.6) is 0 Å². The number of benzene rings is 1. The van der Waals surface area contributed by atoms with Gasteiger partial charge in [-0.25, -0.2) is 19.0 Å². The summed E-state index contributed by atoms with van der Waals surface area (Å²) in [6.45, 7) is 7.29. The van der Waals surface area contributed by atoms with E-state index >= 15 is 0 Å². The van der Waals surface area contributed by atoms with Crippen LogP contribution in [0.4, 0.5) is 10.2 Å². The van der Waals surface area contributed by atoms with Crippen molar-refractivity contribution in [3.63, 3.8) is 0 Å². The summed E-state index contributed by atoms with van der Waals surface area (Å²) in [5.41, 5.74) is 1.44. The number of anilines is 1. The normalized spacial score (nSPS) is 17.5. The van der Waals surface area contributed by atoms with Gasteiger partial charge in [0, 0.05) is 13.1 Å². The molecule has 2 aromatic heterocycles. The Kier molecular flexibility index (Phi) is 4.49. The molecule has 1 fully saturated rings. The summed E-state index contributed by atoms with van der Waals surface area (Å²) < 4.78 is 14.9. The Labute approximate surface area is 162 Å². The largest absolute Gasteiger partial charge is 0.358 e. The molecule has 1 atom stereocenters. The molecule has 1 amide bonds. The Bertz CT molecular complexity index is 1010. The number of halogens is 1. The molecule has 28 heavy (non-hydrogen) atoms. The molecule has 4 rings (SSSR count). The van der Waals surface area contributed by atoms with Crippen LogP contribution in [0.2, 0.25) is 0 Å². The molecule has 0 bridgehead atoms. The lowest BCUT2D eigenvalue weighted by molar-refractivity contribution is -0.128. The molecule has 1 unspecified atom stereocenters. The van der Waals surface area contributed by atoms with E-state index in [-0.39, 0.29) is 23.3 Å². The van der Waals surface area contributed by atoms with Crippen molar-refractivity contribution in [1.29, 1.82) is 0 Å². The van der Waals surface area contributed by atoms with Crippen LogP contribution < -0.4 is 5.32 Å². The molecule has 1 aliphatic rings. The van der Waals surface area contributed by atoms with E-state index in [1.807, 2.05) is 4.68 Å². The van der Waals surface area contributed by atoms with Crippen molar-refractivity contribution in [2.24, 2.45) is 0 Å². The van der Waals surface area contributed by atoms with E-state index in [1.54, 1.807) is 23.2 Å². The van der Waals surface area contributed by atoms with Gasteiger partial charge >= 0.3 is 0 Å². The van der Waals surface area contributed by atoms with Crippen molar-refractivity contribution >= 4 is 22.8 Å². The minimum absolute atomic E-state index is 0.0132. The molecule has 146 valence electrons. The summed E-state index contributed by atoms with van der Waals surface area (Å²) in [6, 6.07) is 5.89.